The summed E-state index contributed by atoms with van der Waals surface area (Å²) in [6, 6.07) is 0. The predicted molar refractivity (Wildman–Crippen MR) is 128 cm³/mol. The van der Waals surface area contributed by atoms with Crippen LogP contribution in [0.4, 0.5) is 0 Å². The van der Waals surface area contributed by atoms with Gasteiger partial charge in [0.05, 0.1) is 30.8 Å². The van der Waals surface area contributed by atoms with E-state index in [2.05, 4.69) is 26.1 Å². The fourth-order valence-corrected chi connectivity index (χ4v) is 8.95. The summed E-state index contributed by atoms with van der Waals surface area (Å²) in [5, 5.41) is 46.1. The molecule has 4 aliphatic carbocycles. The fraction of sp³-hybridized carbons (Fsp3) is 0.923. The molecule has 4 aliphatic rings. The van der Waals surface area contributed by atoms with Crippen LogP contribution >= 0.6 is 0 Å². The first-order chi connectivity index (χ1) is 15.5. The number of carbonyl (C=O) groups is 2. The SMILES string of the molecule is CC(CCC(=O)NCC(=O)[O-])C1CCC2C3C(O)CC4CC(O)CCC4(C)C3CC(O)C12C.O.O.[Na+]. The summed E-state index contributed by atoms with van der Waals surface area (Å²) in [6.45, 7) is 6.21. The maximum Gasteiger partial charge on any atom is 1.00 e. The van der Waals surface area contributed by atoms with Gasteiger partial charge in [0, 0.05) is 6.42 Å². The molecule has 0 aromatic heterocycles. The van der Waals surface area contributed by atoms with Crippen LogP contribution in [0.25, 0.3) is 0 Å². The summed E-state index contributed by atoms with van der Waals surface area (Å²) in [7, 11) is 0. The van der Waals surface area contributed by atoms with E-state index in [-0.39, 0.29) is 105 Å². The van der Waals surface area contributed by atoms with Crippen LogP contribution < -0.4 is 40.0 Å². The summed E-state index contributed by atoms with van der Waals surface area (Å²) in [4.78, 5) is 22.6. The van der Waals surface area contributed by atoms with Crippen molar-refractivity contribution in [1.82, 2.24) is 5.32 Å². The normalized spacial score (nSPS) is 43.7. The van der Waals surface area contributed by atoms with Crippen molar-refractivity contribution in [2.45, 2.75) is 96.9 Å². The number of carboxylic acids is 1. The van der Waals surface area contributed by atoms with Crippen LogP contribution in [0.1, 0.15) is 78.6 Å². The van der Waals surface area contributed by atoms with Crippen LogP contribution in [-0.2, 0) is 9.59 Å². The summed E-state index contributed by atoms with van der Waals surface area (Å²) in [5.41, 5.74) is -0.230. The Hall–Kier alpha value is -0.260. The van der Waals surface area contributed by atoms with E-state index in [1.807, 2.05) is 0 Å². The molecule has 10 heteroatoms. The Balaban J connectivity index is 0.00000216. The minimum atomic E-state index is -1.29. The molecule has 4 saturated carbocycles. The number of amides is 1. The van der Waals surface area contributed by atoms with Crippen LogP contribution in [0.3, 0.4) is 0 Å². The molecule has 0 saturated heterocycles. The molecule has 0 aromatic carbocycles. The van der Waals surface area contributed by atoms with Gasteiger partial charge in [-0.15, -0.1) is 0 Å². The summed E-state index contributed by atoms with van der Waals surface area (Å²) in [5.74, 6) is -0.0789. The summed E-state index contributed by atoms with van der Waals surface area (Å²) in [6.07, 6.45) is 5.75. The van der Waals surface area contributed by atoms with Crippen LogP contribution in [-0.4, -0.2) is 63.0 Å². The topological polar surface area (TPSA) is 193 Å². The molecule has 11 atom stereocenters. The predicted octanol–water partition coefficient (Wildman–Crippen LogP) is -3.42. The third-order valence-electron chi connectivity index (χ3n) is 10.8. The quantitative estimate of drug-likeness (QED) is 0.262. The molecule has 4 fully saturated rings. The molecular weight excluding hydrogens is 477 g/mol. The maximum atomic E-state index is 12.0. The summed E-state index contributed by atoms with van der Waals surface area (Å²) < 4.78 is 0. The second-order valence-electron chi connectivity index (χ2n) is 12.2. The number of hydrogen-bond acceptors (Lipinski definition) is 6. The van der Waals surface area contributed by atoms with Crippen molar-refractivity contribution in [2.24, 2.45) is 46.3 Å². The number of nitrogens with one attached hydrogen (secondary N) is 1. The second-order valence-corrected chi connectivity index (χ2v) is 12.2. The van der Waals surface area contributed by atoms with Crippen molar-refractivity contribution < 1.29 is 70.5 Å². The van der Waals surface area contributed by atoms with Crippen molar-refractivity contribution in [1.29, 1.82) is 0 Å². The molecule has 0 aromatic rings. The minimum absolute atomic E-state index is 0. The molecule has 1 amide bonds. The molecule has 36 heavy (non-hydrogen) atoms. The van der Waals surface area contributed by atoms with Gasteiger partial charge in [0.15, 0.2) is 0 Å². The van der Waals surface area contributed by atoms with E-state index < -0.39 is 18.6 Å². The van der Waals surface area contributed by atoms with E-state index in [1.54, 1.807) is 0 Å². The Kier molecular flexibility index (Phi) is 11.9. The number of carboxylic acid groups (broad SMARTS) is 1. The van der Waals surface area contributed by atoms with Gasteiger partial charge in [-0.05, 0) is 97.7 Å². The third kappa shape index (κ3) is 5.83. The van der Waals surface area contributed by atoms with Gasteiger partial charge in [0.1, 0.15) is 0 Å². The van der Waals surface area contributed by atoms with Gasteiger partial charge in [0.25, 0.3) is 0 Å². The fourth-order valence-electron chi connectivity index (χ4n) is 8.95. The Morgan fingerprint density at radius 1 is 1.03 bits per heavy atom. The van der Waals surface area contributed by atoms with Gasteiger partial charge in [0.2, 0.25) is 5.91 Å². The Bertz CT molecular complexity index is 770. The molecule has 0 aliphatic heterocycles. The average Bonchev–Trinajstić information content (AvgIpc) is 3.11. The number of aliphatic hydroxyl groups excluding tert-OH is 3. The standard InChI is InChI=1S/C26H43NO6.Na.2H2O/c1-14(4-7-22(31)27-13-23(32)33)17-5-6-18-24-19(12-21(30)26(17,18)3)25(2)9-8-16(28)10-15(25)11-20(24)29;;;/h14-21,24,28-30H,4-13H2,1-3H3,(H,27,31)(H,32,33);;2*1H2/q;+1;;/p-1. The van der Waals surface area contributed by atoms with Gasteiger partial charge >= 0.3 is 29.6 Å². The van der Waals surface area contributed by atoms with Crippen LogP contribution in [0.15, 0.2) is 0 Å². The van der Waals surface area contributed by atoms with Gasteiger partial charge in [-0.3, -0.25) is 4.79 Å². The molecular formula is C26H46NNaO8. The third-order valence-corrected chi connectivity index (χ3v) is 10.8. The van der Waals surface area contributed by atoms with E-state index in [9.17, 15) is 30.0 Å². The van der Waals surface area contributed by atoms with E-state index in [4.69, 9.17) is 0 Å². The van der Waals surface area contributed by atoms with Gasteiger partial charge in [-0.1, -0.05) is 20.8 Å². The monoisotopic (exact) mass is 523 g/mol. The largest absolute Gasteiger partial charge is 1.00 e. The number of rotatable bonds is 6. The maximum absolute atomic E-state index is 12.0. The molecule has 0 bridgehead atoms. The molecule has 0 radical (unpaired) electrons. The van der Waals surface area contributed by atoms with Gasteiger partial charge in [-0.2, -0.15) is 0 Å². The molecule has 0 spiro atoms. The number of aliphatic hydroxyl groups is 3. The van der Waals surface area contributed by atoms with Crippen molar-refractivity contribution in [3.05, 3.63) is 0 Å². The van der Waals surface area contributed by atoms with Gasteiger partial charge in [-0.25, -0.2) is 0 Å². The van der Waals surface area contributed by atoms with Crippen molar-refractivity contribution in [2.75, 3.05) is 6.54 Å². The molecule has 11 unspecified atom stereocenters. The number of hydrogen-bond donors (Lipinski definition) is 4. The van der Waals surface area contributed by atoms with Gasteiger partial charge < -0.3 is 41.5 Å². The zero-order valence-electron chi connectivity index (χ0n) is 22.3. The van der Waals surface area contributed by atoms with Crippen LogP contribution in [0, 0.1) is 46.3 Å². The Labute approximate surface area is 236 Å². The van der Waals surface area contributed by atoms with Crippen LogP contribution in [0.2, 0.25) is 0 Å². The van der Waals surface area contributed by atoms with E-state index in [0.29, 0.717) is 18.8 Å². The first-order valence-electron chi connectivity index (χ1n) is 13.0. The van der Waals surface area contributed by atoms with E-state index in [1.165, 1.54) is 0 Å². The van der Waals surface area contributed by atoms with Crippen molar-refractivity contribution in [3.63, 3.8) is 0 Å². The molecule has 204 valence electrons. The van der Waals surface area contributed by atoms with E-state index >= 15 is 0 Å². The van der Waals surface area contributed by atoms with Crippen molar-refractivity contribution in [3.8, 4) is 0 Å². The molecule has 8 N–H and O–H groups in total. The second kappa shape index (κ2) is 12.7. The van der Waals surface area contributed by atoms with Crippen LogP contribution in [0.5, 0.6) is 0 Å². The van der Waals surface area contributed by atoms with Crippen molar-refractivity contribution >= 4 is 11.9 Å². The minimum Gasteiger partial charge on any atom is -0.548 e. The zero-order valence-corrected chi connectivity index (χ0v) is 24.3. The first kappa shape index (κ1) is 33.8. The number of fused-ring (bicyclic) bond motifs is 5. The number of aliphatic carboxylic acids is 1. The number of carbonyl (C=O) groups excluding carboxylic acids is 2. The molecule has 9 nitrogen and oxygen atoms in total. The Morgan fingerprint density at radius 3 is 2.33 bits per heavy atom. The van der Waals surface area contributed by atoms with E-state index in [0.717, 1.165) is 38.5 Å². The first-order valence-corrected chi connectivity index (χ1v) is 13.0. The molecule has 4 rings (SSSR count). The summed E-state index contributed by atoms with van der Waals surface area (Å²) >= 11 is 0. The smallest absolute Gasteiger partial charge is 0.548 e. The average molecular weight is 524 g/mol. The zero-order chi connectivity index (χ0) is 24.1. The Morgan fingerprint density at radius 2 is 1.69 bits per heavy atom. The molecule has 0 heterocycles.